The van der Waals surface area contributed by atoms with E-state index in [0.29, 0.717) is 6.54 Å². The standard InChI is InChI=1S/C12H27N3O/c1-5-8-15(9-7-13)11(4)12(16)14-10(3)6-2/h10-11H,5-9,13H2,1-4H3,(H,14,16). The molecular formula is C12H27N3O. The highest BCUT2D eigenvalue weighted by Crippen LogP contribution is 2.01. The Morgan fingerprint density at radius 2 is 1.94 bits per heavy atom. The average Bonchev–Trinajstić information content (AvgIpc) is 2.27. The summed E-state index contributed by atoms with van der Waals surface area (Å²) in [6, 6.07) is 0.161. The highest BCUT2D eigenvalue weighted by Gasteiger charge is 2.20. The monoisotopic (exact) mass is 229 g/mol. The van der Waals surface area contributed by atoms with Crippen LogP contribution in [0.3, 0.4) is 0 Å². The Balaban J connectivity index is 4.24. The Kier molecular flexibility index (Phi) is 8.21. The lowest BCUT2D eigenvalue weighted by Gasteiger charge is -2.28. The van der Waals surface area contributed by atoms with Crippen LogP contribution in [0.15, 0.2) is 0 Å². The molecule has 0 aromatic heterocycles. The number of hydrogen-bond acceptors (Lipinski definition) is 3. The zero-order valence-electron chi connectivity index (χ0n) is 11.1. The van der Waals surface area contributed by atoms with E-state index in [-0.39, 0.29) is 18.0 Å². The summed E-state index contributed by atoms with van der Waals surface area (Å²) >= 11 is 0. The largest absolute Gasteiger partial charge is 0.352 e. The Morgan fingerprint density at radius 3 is 2.38 bits per heavy atom. The highest BCUT2D eigenvalue weighted by atomic mass is 16.2. The van der Waals surface area contributed by atoms with Gasteiger partial charge in [-0.05, 0) is 33.2 Å². The summed E-state index contributed by atoms with van der Waals surface area (Å²) in [5.74, 6) is 0.108. The van der Waals surface area contributed by atoms with Crippen LogP contribution in [-0.2, 0) is 4.79 Å². The van der Waals surface area contributed by atoms with Crippen molar-refractivity contribution in [3.63, 3.8) is 0 Å². The van der Waals surface area contributed by atoms with Gasteiger partial charge >= 0.3 is 0 Å². The molecule has 16 heavy (non-hydrogen) atoms. The molecule has 0 bridgehead atoms. The van der Waals surface area contributed by atoms with Crippen LogP contribution in [0, 0.1) is 0 Å². The van der Waals surface area contributed by atoms with Gasteiger partial charge in [-0.2, -0.15) is 0 Å². The fourth-order valence-electron chi connectivity index (χ4n) is 1.58. The van der Waals surface area contributed by atoms with E-state index < -0.39 is 0 Å². The van der Waals surface area contributed by atoms with E-state index >= 15 is 0 Å². The molecule has 4 heteroatoms. The minimum Gasteiger partial charge on any atom is -0.352 e. The quantitative estimate of drug-likeness (QED) is 0.652. The van der Waals surface area contributed by atoms with Crippen molar-refractivity contribution in [3.05, 3.63) is 0 Å². The maximum atomic E-state index is 11.9. The third-order valence-corrected chi connectivity index (χ3v) is 2.86. The van der Waals surface area contributed by atoms with Crippen LogP contribution in [-0.4, -0.2) is 42.5 Å². The van der Waals surface area contributed by atoms with E-state index in [0.717, 1.165) is 25.9 Å². The zero-order valence-corrected chi connectivity index (χ0v) is 11.1. The molecule has 2 atom stereocenters. The van der Waals surface area contributed by atoms with Gasteiger partial charge in [0.25, 0.3) is 0 Å². The summed E-state index contributed by atoms with van der Waals surface area (Å²) in [7, 11) is 0. The average molecular weight is 229 g/mol. The first-order valence-electron chi connectivity index (χ1n) is 6.31. The second-order valence-corrected chi connectivity index (χ2v) is 4.32. The van der Waals surface area contributed by atoms with Gasteiger partial charge in [0.1, 0.15) is 0 Å². The molecule has 0 saturated carbocycles. The number of hydrogen-bond donors (Lipinski definition) is 2. The summed E-state index contributed by atoms with van der Waals surface area (Å²) in [4.78, 5) is 14.0. The Bertz CT molecular complexity index is 191. The highest BCUT2D eigenvalue weighted by molar-refractivity contribution is 5.81. The van der Waals surface area contributed by atoms with Crippen LogP contribution in [0.4, 0.5) is 0 Å². The van der Waals surface area contributed by atoms with E-state index in [1.54, 1.807) is 0 Å². The molecule has 0 radical (unpaired) electrons. The number of nitrogens with zero attached hydrogens (tertiary/aromatic N) is 1. The molecule has 0 spiro atoms. The summed E-state index contributed by atoms with van der Waals surface area (Å²) in [5.41, 5.74) is 5.55. The predicted octanol–water partition coefficient (Wildman–Crippen LogP) is 0.960. The SMILES string of the molecule is CCCN(CCN)C(C)C(=O)NC(C)CC. The second kappa shape index (κ2) is 8.53. The molecule has 3 N–H and O–H groups in total. The summed E-state index contributed by atoms with van der Waals surface area (Å²) in [5, 5.41) is 3.01. The third kappa shape index (κ3) is 5.47. The molecule has 1 amide bonds. The van der Waals surface area contributed by atoms with Gasteiger partial charge in [0, 0.05) is 19.1 Å². The lowest BCUT2D eigenvalue weighted by molar-refractivity contribution is -0.126. The van der Waals surface area contributed by atoms with Gasteiger partial charge in [-0.15, -0.1) is 0 Å². The predicted molar refractivity (Wildman–Crippen MR) is 68.3 cm³/mol. The van der Waals surface area contributed by atoms with E-state index in [4.69, 9.17) is 5.73 Å². The van der Waals surface area contributed by atoms with Gasteiger partial charge in [0.15, 0.2) is 0 Å². The molecule has 2 unspecified atom stereocenters. The minimum absolute atomic E-state index is 0.0856. The maximum Gasteiger partial charge on any atom is 0.237 e. The summed E-state index contributed by atoms with van der Waals surface area (Å²) in [6.45, 7) is 10.5. The lowest BCUT2D eigenvalue weighted by atomic mass is 10.2. The van der Waals surface area contributed by atoms with Gasteiger partial charge in [-0.3, -0.25) is 9.69 Å². The first-order chi connectivity index (χ1) is 7.56. The van der Waals surface area contributed by atoms with Crippen LogP contribution in [0.2, 0.25) is 0 Å². The molecule has 96 valence electrons. The van der Waals surface area contributed by atoms with Crippen molar-refractivity contribution < 1.29 is 4.79 Å². The number of nitrogens with one attached hydrogen (secondary N) is 1. The number of amides is 1. The van der Waals surface area contributed by atoms with E-state index in [1.807, 2.05) is 13.8 Å². The number of carbonyl (C=O) groups is 1. The Hall–Kier alpha value is -0.610. The van der Waals surface area contributed by atoms with Crippen LogP contribution < -0.4 is 11.1 Å². The van der Waals surface area contributed by atoms with Gasteiger partial charge in [-0.25, -0.2) is 0 Å². The van der Waals surface area contributed by atoms with Crippen molar-refractivity contribution in [2.75, 3.05) is 19.6 Å². The van der Waals surface area contributed by atoms with Crippen molar-refractivity contribution in [2.24, 2.45) is 5.73 Å². The molecule has 0 saturated heterocycles. The normalized spacial score (nSPS) is 14.9. The molecular weight excluding hydrogens is 202 g/mol. The van der Waals surface area contributed by atoms with Crippen LogP contribution >= 0.6 is 0 Å². The first kappa shape index (κ1) is 15.4. The maximum absolute atomic E-state index is 11.9. The first-order valence-corrected chi connectivity index (χ1v) is 6.31. The van der Waals surface area contributed by atoms with Gasteiger partial charge in [-0.1, -0.05) is 13.8 Å². The van der Waals surface area contributed by atoms with E-state index in [9.17, 15) is 4.79 Å². The third-order valence-electron chi connectivity index (χ3n) is 2.86. The molecule has 0 rings (SSSR count). The van der Waals surface area contributed by atoms with Crippen LogP contribution in [0.5, 0.6) is 0 Å². The van der Waals surface area contributed by atoms with Crippen LogP contribution in [0.25, 0.3) is 0 Å². The molecule has 0 aromatic rings. The van der Waals surface area contributed by atoms with Crippen molar-refractivity contribution in [1.82, 2.24) is 10.2 Å². The van der Waals surface area contributed by atoms with Gasteiger partial charge < -0.3 is 11.1 Å². The molecule has 0 heterocycles. The summed E-state index contributed by atoms with van der Waals surface area (Å²) in [6.07, 6.45) is 2.00. The van der Waals surface area contributed by atoms with Crippen molar-refractivity contribution in [2.45, 2.75) is 52.6 Å². The van der Waals surface area contributed by atoms with Crippen molar-refractivity contribution in [3.8, 4) is 0 Å². The topological polar surface area (TPSA) is 58.4 Å². The zero-order chi connectivity index (χ0) is 12.6. The van der Waals surface area contributed by atoms with Crippen LogP contribution in [0.1, 0.15) is 40.5 Å². The second-order valence-electron chi connectivity index (χ2n) is 4.32. The van der Waals surface area contributed by atoms with Gasteiger partial charge in [0.2, 0.25) is 5.91 Å². The molecule has 0 aliphatic heterocycles. The smallest absolute Gasteiger partial charge is 0.237 e. The number of rotatable bonds is 8. The molecule has 0 aliphatic rings. The Labute approximate surface area is 99.6 Å². The summed E-state index contributed by atoms with van der Waals surface area (Å²) < 4.78 is 0. The molecule has 0 aliphatic carbocycles. The van der Waals surface area contributed by atoms with Crippen molar-refractivity contribution in [1.29, 1.82) is 0 Å². The fraction of sp³-hybridized carbons (Fsp3) is 0.917. The minimum atomic E-state index is -0.0856. The lowest BCUT2D eigenvalue weighted by Crippen LogP contribution is -2.49. The number of nitrogens with two attached hydrogens (primary N) is 1. The molecule has 0 fully saturated rings. The van der Waals surface area contributed by atoms with E-state index in [1.165, 1.54) is 0 Å². The number of carbonyl (C=O) groups excluding carboxylic acids is 1. The molecule has 0 aromatic carbocycles. The van der Waals surface area contributed by atoms with E-state index in [2.05, 4.69) is 24.1 Å². The molecule has 4 nitrogen and oxygen atoms in total. The fourth-order valence-corrected chi connectivity index (χ4v) is 1.58. The Morgan fingerprint density at radius 1 is 1.31 bits per heavy atom. The van der Waals surface area contributed by atoms with Gasteiger partial charge in [0.05, 0.1) is 6.04 Å². The van der Waals surface area contributed by atoms with Crippen molar-refractivity contribution >= 4 is 5.91 Å².